The molecule has 0 heterocycles. The molecule has 2 atom stereocenters. The topological polar surface area (TPSA) is 12.0 Å². The summed E-state index contributed by atoms with van der Waals surface area (Å²) in [5.74, 6) is 2.06. The fourth-order valence-corrected chi connectivity index (χ4v) is 3.32. The van der Waals surface area contributed by atoms with Gasteiger partial charge in [-0.25, -0.2) is 0 Å². The van der Waals surface area contributed by atoms with Crippen LogP contribution < -0.4 is 5.32 Å². The van der Waals surface area contributed by atoms with Crippen molar-refractivity contribution in [2.24, 2.45) is 17.3 Å². The Labute approximate surface area is 88.7 Å². The van der Waals surface area contributed by atoms with E-state index in [-0.39, 0.29) is 0 Å². The van der Waals surface area contributed by atoms with E-state index in [0.29, 0.717) is 0 Å². The zero-order chi connectivity index (χ0) is 10.0. The van der Waals surface area contributed by atoms with E-state index in [9.17, 15) is 0 Å². The molecule has 2 aliphatic rings. The summed E-state index contributed by atoms with van der Waals surface area (Å²) in [6, 6.07) is 0. The van der Waals surface area contributed by atoms with Crippen LogP contribution in [-0.4, -0.2) is 13.1 Å². The van der Waals surface area contributed by atoms with E-state index in [1.54, 1.807) is 0 Å². The summed E-state index contributed by atoms with van der Waals surface area (Å²) in [6.45, 7) is 7.26. The van der Waals surface area contributed by atoms with E-state index in [0.717, 1.165) is 17.3 Å². The van der Waals surface area contributed by atoms with E-state index in [1.807, 2.05) is 0 Å². The standard InChI is InChI=1S/C13H25N/c1-3-8-14-10-12-9-13(12,2)11-6-4-5-7-11/h11-12,14H,3-10H2,1-2H3. The molecule has 1 nitrogen and oxygen atoms in total. The molecule has 0 radical (unpaired) electrons. The lowest BCUT2D eigenvalue weighted by Crippen LogP contribution is -2.22. The maximum atomic E-state index is 3.58. The Balaban J connectivity index is 1.72. The Morgan fingerprint density at radius 3 is 2.64 bits per heavy atom. The minimum Gasteiger partial charge on any atom is -0.316 e. The second-order valence-electron chi connectivity index (χ2n) is 5.59. The predicted molar refractivity (Wildman–Crippen MR) is 61.3 cm³/mol. The van der Waals surface area contributed by atoms with Crippen molar-refractivity contribution in [3.05, 3.63) is 0 Å². The van der Waals surface area contributed by atoms with Crippen LogP contribution in [0.25, 0.3) is 0 Å². The van der Waals surface area contributed by atoms with Crippen LogP contribution in [0.15, 0.2) is 0 Å². The molecule has 0 bridgehead atoms. The molecule has 0 amide bonds. The van der Waals surface area contributed by atoms with Gasteiger partial charge >= 0.3 is 0 Å². The fourth-order valence-electron chi connectivity index (χ4n) is 3.32. The first kappa shape index (κ1) is 10.5. The molecule has 0 aromatic carbocycles. The van der Waals surface area contributed by atoms with Gasteiger partial charge in [0.2, 0.25) is 0 Å². The van der Waals surface area contributed by atoms with Crippen LogP contribution in [0.3, 0.4) is 0 Å². The summed E-state index contributed by atoms with van der Waals surface area (Å²) in [6.07, 6.45) is 8.79. The highest BCUT2D eigenvalue weighted by molar-refractivity contribution is 5.04. The van der Waals surface area contributed by atoms with E-state index < -0.39 is 0 Å². The Kier molecular flexibility index (Phi) is 3.16. The average Bonchev–Trinajstić information content (AvgIpc) is 2.69. The quantitative estimate of drug-likeness (QED) is 0.664. The van der Waals surface area contributed by atoms with Crippen LogP contribution in [-0.2, 0) is 0 Å². The van der Waals surface area contributed by atoms with Crippen LogP contribution in [0.1, 0.15) is 52.4 Å². The van der Waals surface area contributed by atoms with Gasteiger partial charge in [-0.3, -0.25) is 0 Å². The molecule has 2 fully saturated rings. The molecule has 2 aliphatic carbocycles. The van der Waals surface area contributed by atoms with Crippen LogP contribution in [0.5, 0.6) is 0 Å². The molecular weight excluding hydrogens is 170 g/mol. The van der Waals surface area contributed by atoms with Gasteiger partial charge in [0.15, 0.2) is 0 Å². The second kappa shape index (κ2) is 4.22. The predicted octanol–water partition coefficient (Wildman–Crippen LogP) is 3.20. The average molecular weight is 195 g/mol. The number of nitrogens with one attached hydrogen (secondary N) is 1. The van der Waals surface area contributed by atoms with Crippen molar-refractivity contribution < 1.29 is 0 Å². The van der Waals surface area contributed by atoms with Gasteiger partial charge in [0.1, 0.15) is 0 Å². The van der Waals surface area contributed by atoms with Crippen molar-refractivity contribution in [1.29, 1.82) is 0 Å². The molecule has 82 valence electrons. The van der Waals surface area contributed by atoms with Crippen LogP contribution in [0.2, 0.25) is 0 Å². The second-order valence-corrected chi connectivity index (χ2v) is 5.59. The number of hydrogen-bond acceptors (Lipinski definition) is 1. The van der Waals surface area contributed by atoms with E-state index in [4.69, 9.17) is 0 Å². The van der Waals surface area contributed by atoms with Crippen molar-refractivity contribution in [3.63, 3.8) is 0 Å². The van der Waals surface area contributed by atoms with Crippen molar-refractivity contribution in [2.45, 2.75) is 52.4 Å². The normalized spacial score (nSPS) is 37.7. The van der Waals surface area contributed by atoms with Gasteiger partial charge in [0.05, 0.1) is 0 Å². The highest BCUT2D eigenvalue weighted by Gasteiger charge is 2.54. The van der Waals surface area contributed by atoms with Gasteiger partial charge in [0, 0.05) is 0 Å². The highest BCUT2D eigenvalue weighted by Crippen LogP contribution is 2.61. The van der Waals surface area contributed by atoms with Crippen LogP contribution in [0, 0.1) is 17.3 Å². The molecule has 0 saturated heterocycles. The van der Waals surface area contributed by atoms with E-state index in [1.165, 1.54) is 51.6 Å². The number of hydrogen-bond donors (Lipinski definition) is 1. The molecule has 0 aromatic heterocycles. The summed E-state index contributed by atoms with van der Waals surface area (Å²) in [7, 11) is 0. The van der Waals surface area contributed by atoms with Gasteiger partial charge < -0.3 is 5.32 Å². The van der Waals surface area contributed by atoms with Crippen LogP contribution in [0.4, 0.5) is 0 Å². The summed E-state index contributed by atoms with van der Waals surface area (Å²) in [4.78, 5) is 0. The van der Waals surface area contributed by atoms with Gasteiger partial charge in [-0.1, -0.05) is 26.7 Å². The molecule has 1 N–H and O–H groups in total. The first-order chi connectivity index (χ1) is 6.77. The molecule has 2 saturated carbocycles. The van der Waals surface area contributed by atoms with E-state index >= 15 is 0 Å². The molecule has 14 heavy (non-hydrogen) atoms. The summed E-state index contributed by atoms with van der Waals surface area (Å²) in [5.41, 5.74) is 0.733. The van der Waals surface area contributed by atoms with Crippen molar-refractivity contribution >= 4 is 0 Å². The molecule has 0 aliphatic heterocycles. The lowest BCUT2D eigenvalue weighted by Gasteiger charge is -2.19. The lowest BCUT2D eigenvalue weighted by molar-refractivity contribution is 0.308. The minimum atomic E-state index is 0.733. The Hall–Kier alpha value is -0.0400. The summed E-state index contributed by atoms with van der Waals surface area (Å²) >= 11 is 0. The molecular formula is C13H25N. The third-order valence-electron chi connectivity index (χ3n) is 4.56. The first-order valence-electron chi connectivity index (χ1n) is 6.48. The van der Waals surface area contributed by atoms with Gasteiger partial charge in [-0.05, 0) is 56.0 Å². The number of rotatable bonds is 5. The minimum absolute atomic E-state index is 0.733. The zero-order valence-electron chi connectivity index (χ0n) is 9.81. The summed E-state index contributed by atoms with van der Waals surface area (Å²) < 4.78 is 0. The monoisotopic (exact) mass is 195 g/mol. The Morgan fingerprint density at radius 1 is 1.29 bits per heavy atom. The smallest absolute Gasteiger partial charge is 0.00150 e. The van der Waals surface area contributed by atoms with E-state index in [2.05, 4.69) is 19.2 Å². The van der Waals surface area contributed by atoms with Crippen molar-refractivity contribution in [2.75, 3.05) is 13.1 Å². The van der Waals surface area contributed by atoms with Gasteiger partial charge in [-0.15, -0.1) is 0 Å². The Bertz CT molecular complexity index is 184. The fraction of sp³-hybridized carbons (Fsp3) is 1.00. The lowest BCUT2D eigenvalue weighted by atomic mass is 9.87. The largest absolute Gasteiger partial charge is 0.316 e. The summed E-state index contributed by atoms with van der Waals surface area (Å²) in [5, 5.41) is 3.58. The maximum absolute atomic E-state index is 3.58. The third-order valence-corrected chi connectivity index (χ3v) is 4.56. The van der Waals surface area contributed by atoms with Gasteiger partial charge in [0.25, 0.3) is 0 Å². The molecule has 0 aromatic rings. The molecule has 1 heteroatoms. The SMILES string of the molecule is CCCNCC1CC1(C)C1CCCC1. The molecule has 0 spiro atoms. The molecule has 2 unspecified atom stereocenters. The first-order valence-corrected chi connectivity index (χ1v) is 6.48. The zero-order valence-corrected chi connectivity index (χ0v) is 9.81. The van der Waals surface area contributed by atoms with Crippen molar-refractivity contribution in [1.82, 2.24) is 5.32 Å². The molecule has 2 rings (SSSR count). The third kappa shape index (κ3) is 1.98. The Morgan fingerprint density at radius 2 is 2.00 bits per heavy atom. The van der Waals surface area contributed by atoms with Crippen LogP contribution >= 0.6 is 0 Å². The highest BCUT2D eigenvalue weighted by atomic mass is 14.9. The maximum Gasteiger partial charge on any atom is -0.00150 e. The van der Waals surface area contributed by atoms with Gasteiger partial charge in [-0.2, -0.15) is 0 Å². The van der Waals surface area contributed by atoms with Crippen molar-refractivity contribution in [3.8, 4) is 0 Å².